The summed E-state index contributed by atoms with van der Waals surface area (Å²) in [5.74, 6) is 0. The van der Waals surface area contributed by atoms with E-state index in [0.717, 1.165) is 20.6 Å². The van der Waals surface area contributed by atoms with Crippen LogP contribution in [0.3, 0.4) is 0 Å². The van der Waals surface area contributed by atoms with Gasteiger partial charge in [0.2, 0.25) is 0 Å². The standard InChI is InChI=1S/C11H11ClN2S/c1-7-13-11(14-8(2)15-7)9-4-3-5-10(12)6-9/h3-6,11,13-14H,1-2H2. The number of hydrogen-bond donors (Lipinski definition) is 2. The number of benzene rings is 1. The molecule has 0 aliphatic carbocycles. The summed E-state index contributed by atoms with van der Waals surface area (Å²) < 4.78 is 0. The molecule has 78 valence electrons. The largest absolute Gasteiger partial charge is 0.356 e. The first-order chi connectivity index (χ1) is 7.15. The zero-order chi connectivity index (χ0) is 10.8. The van der Waals surface area contributed by atoms with Crippen LogP contribution < -0.4 is 10.6 Å². The van der Waals surface area contributed by atoms with Crippen LogP contribution in [0.5, 0.6) is 0 Å². The Morgan fingerprint density at radius 1 is 1.20 bits per heavy atom. The fourth-order valence-electron chi connectivity index (χ4n) is 1.42. The zero-order valence-corrected chi connectivity index (χ0v) is 9.66. The lowest BCUT2D eigenvalue weighted by Crippen LogP contribution is -2.35. The molecule has 1 heterocycles. The monoisotopic (exact) mass is 238 g/mol. The molecule has 0 amide bonds. The molecule has 1 aliphatic heterocycles. The average Bonchev–Trinajstić information content (AvgIpc) is 2.16. The van der Waals surface area contributed by atoms with Gasteiger partial charge in [0.1, 0.15) is 6.17 Å². The summed E-state index contributed by atoms with van der Waals surface area (Å²) in [7, 11) is 0. The van der Waals surface area contributed by atoms with Gasteiger partial charge in [-0.05, 0) is 17.7 Å². The number of thioether (sulfide) groups is 1. The molecule has 0 radical (unpaired) electrons. The number of hydrogen-bond acceptors (Lipinski definition) is 3. The van der Waals surface area contributed by atoms with Gasteiger partial charge < -0.3 is 10.6 Å². The summed E-state index contributed by atoms with van der Waals surface area (Å²) in [6, 6.07) is 7.70. The van der Waals surface area contributed by atoms with Crippen molar-refractivity contribution in [2.24, 2.45) is 0 Å². The predicted molar refractivity (Wildman–Crippen MR) is 66.3 cm³/mol. The quantitative estimate of drug-likeness (QED) is 0.786. The highest BCUT2D eigenvalue weighted by atomic mass is 35.5. The van der Waals surface area contributed by atoms with Gasteiger partial charge in [-0.1, -0.05) is 48.7 Å². The predicted octanol–water partition coefficient (Wildman–Crippen LogP) is 3.21. The topological polar surface area (TPSA) is 24.1 Å². The van der Waals surface area contributed by atoms with Gasteiger partial charge in [-0.15, -0.1) is 0 Å². The van der Waals surface area contributed by atoms with E-state index in [1.165, 1.54) is 11.8 Å². The summed E-state index contributed by atoms with van der Waals surface area (Å²) in [6.45, 7) is 7.76. The molecule has 1 fully saturated rings. The maximum absolute atomic E-state index is 5.93. The van der Waals surface area contributed by atoms with E-state index in [9.17, 15) is 0 Å². The van der Waals surface area contributed by atoms with E-state index in [2.05, 4.69) is 23.8 Å². The number of halogens is 1. The SMILES string of the molecule is C=C1NC(c2cccc(Cl)c2)NC(=C)S1. The molecule has 0 spiro atoms. The van der Waals surface area contributed by atoms with E-state index in [-0.39, 0.29) is 6.17 Å². The normalized spacial score (nSPS) is 17.1. The summed E-state index contributed by atoms with van der Waals surface area (Å²) in [6.07, 6.45) is 0.00458. The lowest BCUT2D eigenvalue weighted by atomic mass is 10.2. The molecule has 0 saturated carbocycles. The van der Waals surface area contributed by atoms with Gasteiger partial charge >= 0.3 is 0 Å². The molecule has 2 nitrogen and oxygen atoms in total. The van der Waals surface area contributed by atoms with Crippen LogP contribution in [-0.4, -0.2) is 0 Å². The Bertz CT molecular complexity index is 401. The molecule has 2 rings (SSSR count). The first kappa shape index (κ1) is 10.5. The van der Waals surface area contributed by atoms with E-state index < -0.39 is 0 Å². The Kier molecular flexibility index (Phi) is 2.93. The van der Waals surface area contributed by atoms with Crippen molar-refractivity contribution in [3.63, 3.8) is 0 Å². The first-order valence-corrected chi connectivity index (χ1v) is 5.69. The van der Waals surface area contributed by atoms with Gasteiger partial charge in [-0.2, -0.15) is 0 Å². The van der Waals surface area contributed by atoms with Crippen molar-refractivity contribution in [3.05, 3.63) is 58.1 Å². The van der Waals surface area contributed by atoms with Crippen molar-refractivity contribution < 1.29 is 0 Å². The van der Waals surface area contributed by atoms with Crippen LogP contribution in [-0.2, 0) is 0 Å². The van der Waals surface area contributed by atoms with Crippen LogP contribution in [0, 0.1) is 0 Å². The molecule has 1 aromatic rings. The molecular weight excluding hydrogens is 228 g/mol. The molecule has 1 aliphatic rings. The Morgan fingerprint density at radius 3 is 2.47 bits per heavy atom. The second-order valence-corrected chi connectivity index (χ2v) is 4.85. The summed E-state index contributed by atoms with van der Waals surface area (Å²) in [5.41, 5.74) is 1.07. The van der Waals surface area contributed by atoms with Gasteiger partial charge in [0.25, 0.3) is 0 Å². The fraction of sp³-hybridized carbons (Fsp3) is 0.0909. The van der Waals surface area contributed by atoms with Gasteiger partial charge in [-0.3, -0.25) is 0 Å². The van der Waals surface area contributed by atoms with Crippen LogP contribution in [0.15, 0.2) is 47.5 Å². The molecule has 2 N–H and O–H groups in total. The molecule has 0 aromatic heterocycles. The summed E-state index contributed by atoms with van der Waals surface area (Å²) in [4.78, 5) is 0. The van der Waals surface area contributed by atoms with Crippen LogP contribution >= 0.6 is 23.4 Å². The minimum absolute atomic E-state index is 0.00458. The third-order valence-corrected chi connectivity index (χ3v) is 3.00. The minimum atomic E-state index is 0.00458. The van der Waals surface area contributed by atoms with E-state index in [0.29, 0.717) is 0 Å². The first-order valence-electron chi connectivity index (χ1n) is 4.49. The molecule has 0 atom stereocenters. The summed E-state index contributed by atoms with van der Waals surface area (Å²) in [5, 5.41) is 8.97. The summed E-state index contributed by atoms with van der Waals surface area (Å²) >= 11 is 7.43. The Hall–Kier alpha value is -1.06. The molecule has 0 bridgehead atoms. The second kappa shape index (κ2) is 4.21. The Labute approximate surface area is 98.4 Å². The molecule has 1 aromatic carbocycles. The van der Waals surface area contributed by atoms with Crippen molar-refractivity contribution in [1.82, 2.24) is 10.6 Å². The van der Waals surface area contributed by atoms with Crippen LogP contribution in [0.2, 0.25) is 5.02 Å². The Balaban J connectivity index is 2.23. The fourth-order valence-corrected chi connectivity index (χ4v) is 2.27. The lowest BCUT2D eigenvalue weighted by Gasteiger charge is -2.29. The van der Waals surface area contributed by atoms with Crippen molar-refractivity contribution in [2.45, 2.75) is 6.17 Å². The van der Waals surface area contributed by atoms with Crippen molar-refractivity contribution in [3.8, 4) is 0 Å². The Morgan fingerprint density at radius 2 is 1.87 bits per heavy atom. The average molecular weight is 239 g/mol. The van der Waals surface area contributed by atoms with Crippen molar-refractivity contribution in [2.75, 3.05) is 0 Å². The highest BCUT2D eigenvalue weighted by molar-refractivity contribution is 8.06. The van der Waals surface area contributed by atoms with E-state index in [1.54, 1.807) is 0 Å². The van der Waals surface area contributed by atoms with E-state index in [4.69, 9.17) is 11.6 Å². The van der Waals surface area contributed by atoms with E-state index >= 15 is 0 Å². The molecule has 4 heteroatoms. The molecule has 15 heavy (non-hydrogen) atoms. The van der Waals surface area contributed by atoms with Crippen LogP contribution in [0.1, 0.15) is 11.7 Å². The van der Waals surface area contributed by atoms with Gasteiger partial charge in [-0.25, -0.2) is 0 Å². The van der Waals surface area contributed by atoms with Crippen LogP contribution in [0.25, 0.3) is 0 Å². The van der Waals surface area contributed by atoms with E-state index in [1.807, 2.05) is 24.3 Å². The van der Waals surface area contributed by atoms with Crippen LogP contribution in [0.4, 0.5) is 0 Å². The lowest BCUT2D eigenvalue weighted by molar-refractivity contribution is 0.546. The van der Waals surface area contributed by atoms with Gasteiger partial charge in [0.05, 0.1) is 10.1 Å². The molecule has 1 saturated heterocycles. The number of rotatable bonds is 1. The smallest absolute Gasteiger partial charge is 0.124 e. The van der Waals surface area contributed by atoms with Gasteiger partial charge in [0, 0.05) is 5.02 Å². The van der Waals surface area contributed by atoms with Crippen molar-refractivity contribution in [1.29, 1.82) is 0 Å². The number of nitrogens with one attached hydrogen (secondary N) is 2. The van der Waals surface area contributed by atoms with Gasteiger partial charge in [0.15, 0.2) is 0 Å². The molecule has 0 unspecified atom stereocenters. The highest BCUT2D eigenvalue weighted by Gasteiger charge is 2.18. The third kappa shape index (κ3) is 2.49. The zero-order valence-electron chi connectivity index (χ0n) is 8.09. The maximum atomic E-state index is 5.93. The maximum Gasteiger partial charge on any atom is 0.124 e. The van der Waals surface area contributed by atoms with Crippen molar-refractivity contribution >= 4 is 23.4 Å². The highest BCUT2D eigenvalue weighted by Crippen LogP contribution is 2.29. The minimum Gasteiger partial charge on any atom is -0.356 e. The third-order valence-electron chi connectivity index (χ3n) is 2.04. The molecular formula is C11H11ClN2S. The second-order valence-electron chi connectivity index (χ2n) is 3.23.